The van der Waals surface area contributed by atoms with Crippen LogP contribution in [0.15, 0.2) is 60.7 Å². The molecule has 0 aliphatic heterocycles. The van der Waals surface area contributed by atoms with E-state index in [4.69, 9.17) is 9.47 Å². The van der Waals surface area contributed by atoms with Crippen LogP contribution in [0.4, 0.5) is 4.79 Å². The van der Waals surface area contributed by atoms with Gasteiger partial charge in [0, 0.05) is 6.42 Å². The van der Waals surface area contributed by atoms with Crippen LogP contribution < -0.4 is 5.32 Å². The first-order valence-electron chi connectivity index (χ1n) is 9.79. The molecule has 0 saturated carbocycles. The molecule has 2 aromatic carbocycles. The zero-order valence-electron chi connectivity index (χ0n) is 17.1. The third kappa shape index (κ3) is 5.95. The Balaban J connectivity index is 1.71. The highest BCUT2D eigenvalue weighted by Gasteiger charge is 2.28. The van der Waals surface area contributed by atoms with Crippen molar-refractivity contribution < 1.29 is 19.1 Å². The third-order valence-electron chi connectivity index (χ3n) is 4.56. The molecule has 1 N–H and O–H groups in total. The fraction of sp³-hybridized carbons (Fsp3) is 0.333. The lowest BCUT2D eigenvalue weighted by Gasteiger charge is -2.23. The van der Waals surface area contributed by atoms with E-state index < -0.39 is 23.7 Å². The van der Waals surface area contributed by atoms with Crippen LogP contribution in [0.1, 0.15) is 43.9 Å². The quantitative estimate of drug-likeness (QED) is 0.726. The smallest absolute Gasteiger partial charge is 0.408 e. The van der Waals surface area contributed by atoms with E-state index in [1.54, 1.807) is 20.8 Å². The number of hydrogen-bond acceptors (Lipinski definition) is 4. The third-order valence-corrected chi connectivity index (χ3v) is 4.56. The number of amides is 1. The Hall–Kier alpha value is -3.08. The monoisotopic (exact) mass is 393 g/mol. The average molecular weight is 393 g/mol. The van der Waals surface area contributed by atoms with E-state index in [1.807, 2.05) is 48.5 Å². The number of fused-ring (bicyclic) bond motifs is 1. The van der Waals surface area contributed by atoms with Gasteiger partial charge in [0.05, 0.1) is 0 Å². The number of hydrogen-bond donors (Lipinski definition) is 1. The highest BCUT2D eigenvalue weighted by molar-refractivity contribution is 5.85. The van der Waals surface area contributed by atoms with Crippen molar-refractivity contribution in [2.24, 2.45) is 0 Å². The van der Waals surface area contributed by atoms with Crippen LogP contribution in [0.2, 0.25) is 0 Å². The lowest BCUT2D eigenvalue weighted by molar-refractivity contribution is -0.147. The number of benzene rings is 2. The van der Waals surface area contributed by atoms with Crippen LogP contribution in [0.25, 0.3) is 5.57 Å². The van der Waals surface area contributed by atoms with Gasteiger partial charge in [-0.3, -0.25) is 0 Å². The molecule has 0 saturated heterocycles. The SMILES string of the molecule is CC(C)(C)OC(=O)N[C@H](CC1=CCc2ccccc21)C(=O)OCc1ccccc1. The predicted octanol–water partition coefficient (Wildman–Crippen LogP) is 4.65. The molecule has 0 unspecified atom stereocenters. The van der Waals surface area contributed by atoms with Crippen molar-refractivity contribution in [3.8, 4) is 0 Å². The molecule has 3 rings (SSSR count). The molecule has 0 heterocycles. The number of rotatable bonds is 6. The van der Waals surface area contributed by atoms with Crippen LogP contribution >= 0.6 is 0 Å². The molecule has 1 atom stereocenters. The Labute approximate surface area is 171 Å². The lowest BCUT2D eigenvalue weighted by Crippen LogP contribution is -2.44. The van der Waals surface area contributed by atoms with Gasteiger partial charge < -0.3 is 14.8 Å². The standard InChI is InChI=1S/C24H27NO4/c1-24(2,3)29-23(27)25-21(22(26)28-16-17-9-5-4-6-10-17)15-19-14-13-18-11-7-8-12-20(18)19/h4-12,14,21H,13,15-16H2,1-3H3,(H,25,27)/t21-/m1/s1. The molecular formula is C24H27NO4. The largest absolute Gasteiger partial charge is 0.459 e. The van der Waals surface area contributed by atoms with E-state index in [0.29, 0.717) is 6.42 Å². The summed E-state index contributed by atoms with van der Waals surface area (Å²) in [5.74, 6) is -0.481. The summed E-state index contributed by atoms with van der Waals surface area (Å²) in [5.41, 5.74) is 3.60. The van der Waals surface area contributed by atoms with Gasteiger partial charge in [-0.25, -0.2) is 9.59 Å². The maximum Gasteiger partial charge on any atom is 0.408 e. The van der Waals surface area contributed by atoms with Crippen LogP contribution in [0, 0.1) is 0 Å². The fourth-order valence-corrected chi connectivity index (χ4v) is 3.24. The highest BCUT2D eigenvalue weighted by Crippen LogP contribution is 2.30. The van der Waals surface area contributed by atoms with E-state index in [-0.39, 0.29) is 6.61 Å². The van der Waals surface area contributed by atoms with Gasteiger partial charge >= 0.3 is 12.1 Å². The summed E-state index contributed by atoms with van der Waals surface area (Å²) in [6, 6.07) is 16.7. The first-order chi connectivity index (χ1) is 13.8. The van der Waals surface area contributed by atoms with Crippen molar-refractivity contribution in [3.63, 3.8) is 0 Å². The molecule has 0 aromatic heterocycles. The van der Waals surface area contributed by atoms with Gasteiger partial charge in [0.15, 0.2) is 0 Å². The molecule has 0 fully saturated rings. The number of esters is 1. The summed E-state index contributed by atoms with van der Waals surface area (Å²) in [5, 5.41) is 2.69. The van der Waals surface area contributed by atoms with Crippen molar-refractivity contribution >= 4 is 17.6 Å². The highest BCUT2D eigenvalue weighted by atomic mass is 16.6. The minimum atomic E-state index is -0.828. The maximum absolute atomic E-state index is 12.8. The van der Waals surface area contributed by atoms with E-state index in [1.165, 1.54) is 5.56 Å². The van der Waals surface area contributed by atoms with Crippen molar-refractivity contribution in [2.45, 2.75) is 51.9 Å². The first kappa shape index (κ1) is 20.6. The van der Waals surface area contributed by atoms with Crippen molar-refractivity contribution in [1.29, 1.82) is 0 Å². The summed E-state index contributed by atoms with van der Waals surface area (Å²) in [6.07, 6.45) is 2.64. The second-order valence-electron chi connectivity index (χ2n) is 8.09. The second kappa shape index (κ2) is 8.95. The molecule has 0 bridgehead atoms. The first-order valence-corrected chi connectivity index (χ1v) is 9.79. The van der Waals surface area contributed by atoms with E-state index in [0.717, 1.165) is 23.1 Å². The van der Waals surface area contributed by atoms with E-state index >= 15 is 0 Å². The van der Waals surface area contributed by atoms with Crippen molar-refractivity contribution in [2.75, 3.05) is 0 Å². The van der Waals surface area contributed by atoms with Gasteiger partial charge in [-0.2, -0.15) is 0 Å². The molecule has 1 aliphatic carbocycles. The van der Waals surface area contributed by atoms with Gasteiger partial charge in [0.25, 0.3) is 0 Å². The maximum atomic E-state index is 12.8. The van der Waals surface area contributed by atoms with Gasteiger partial charge in [-0.15, -0.1) is 0 Å². The van der Waals surface area contributed by atoms with Crippen molar-refractivity contribution in [3.05, 3.63) is 77.4 Å². The Morgan fingerprint density at radius 2 is 1.72 bits per heavy atom. The van der Waals surface area contributed by atoms with E-state index in [9.17, 15) is 9.59 Å². The summed E-state index contributed by atoms with van der Waals surface area (Å²) in [4.78, 5) is 25.1. The molecule has 5 nitrogen and oxygen atoms in total. The zero-order valence-corrected chi connectivity index (χ0v) is 17.1. The molecule has 29 heavy (non-hydrogen) atoms. The van der Waals surface area contributed by atoms with Crippen LogP contribution in [-0.2, 0) is 27.3 Å². The number of carbonyl (C=O) groups excluding carboxylic acids is 2. The molecule has 2 aromatic rings. The fourth-order valence-electron chi connectivity index (χ4n) is 3.24. The Morgan fingerprint density at radius 3 is 2.45 bits per heavy atom. The molecule has 0 spiro atoms. The number of nitrogens with one attached hydrogen (secondary N) is 1. The summed E-state index contributed by atoms with van der Waals surface area (Å²) in [6.45, 7) is 5.50. The molecular weight excluding hydrogens is 366 g/mol. The summed E-state index contributed by atoms with van der Waals surface area (Å²) < 4.78 is 10.8. The molecule has 5 heteroatoms. The molecule has 1 amide bonds. The lowest BCUT2D eigenvalue weighted by atomic mass is 10.00. The topological polar surface area (TPSA) is 64.6 Å². The minimum Gasteiger partial charge on any atom is -0.459 e. The Morgan fingerprint density at radius 1 is 1.03 bits per heavy atom. The number of allylic oxidation sites excluding steroid dienone is 1. The van der Waals surface area contributed by atoms with Gasteiger partial charge in [0.1, 0.15) is 18.2 Å². The molecule has 1 aliphatic rings. The van der Waals surface area contributed by atoms with Gasteiger partial charge in [-0.05, 0) is 49.5 Å². The molecule has 0 radical (unpaired) electrons. The number of ether oxygens (including phenoxy) is 2. The number of carbonyl (C=O) groups is 2. The average Bonchev–Trinajstić information content (AvgIpc) is 3.08. The predicted molar refractivity (Wildman–Crippen MR) is 112 cm³/mol. The minimum absolute atomic E-state index is 0.155. The van der Waals surface area contributed by atoms with Gasteiger partial charge in [-0.1, -0.05) is 60.7 Å². The van der Waals surface area contributed by atoms with Crippen molar-refractivity contribution in [1.82, 2.24) is 5.32 Å². The Bertz CT molecular complexity index is 897. The van der Waals surface area contributed by atoms with Gasteiger partial charge in [0.2, 0.25) is 0 Å². The molecule has 152 valence electrons. The summed E-state index contributed by atoms with van der Waals surface area (Å²) in [7, 11) is 0. The zero-order chi connectivity index (χ0) is 20.9. The normalized spacial score (nSPS) is 13.8. The summed E-state index contributed by atoms with van der Waals surface area (Å²) >= 11 is 0. The Kier molecular flexibility index (Phi) is 6.37. The van der Waals surface area contributed by atoms with E-state index in [2.05, 4.69) is 17.5 Å². The number of alkyl carbamates (subject to hydrolysis) is 1. The van der Waals surface area contributed by atoms with Crippen LogP contribution in [-0.4, -0.2) is 23.7 Å². The van der Waals surface area contributed by atoms with Crippen LogP contribution in [0.3, 0.4) is 0 Å². The van der Waals surface area contributed by atoms with Crippen LogP contribution in [0.5, 0.6) is 0 Å². The second-order valence-corrected chi connectivity index (χ2v) is 8.09.